The molecule has 3 heteroatoms. The molecule has 1 rings (SSSR count). The monoisotopic (exact) mass is 276 g/mol. The van der Waals surface area contributed by atoms with Crippen molar-refractivity contribution < 1.29 is 0 Å². The van der Waals surface area contributed by atoms with E-state index in [0.29, 0.717) is 6.71 Å². The van der Waals surface area contributed by atoms with Crippen LogP contribution >= 0.6 is 0 Å². The molecule has 0 spiro atoms. The van der Waals surface area contributed by atoms with E-state index < -0.39 is 8.80 Å². The van der Waals surface area contributed by atoms with Crippen LogP contribution in [0.2, 0.25) is 20.2 Å². The number of likely N-dealkylation sites (N-methyl/N-ethyl adjacent to an activating group) is 1. The van der Waals surface area contributed by atoms with Gasteiger partial charge in [0.2, 0.25) is 0 Å². The van der Waals surface area contributed by atoms with Crippen molar-refractivity contribution in [3.8, 4) is 0 Å². The molecular formula is C16H31BNSi. The van der Waals surface area contributed by atoms with Crippen LogP contribution in [0, 0.1) is 0 Å². The number of unbranched alkanes of at least 4 members (excludes halogenated alkanes) is 1. The molecule has 0 amide bonds. The number of rotatable bonds is 7. The molecule has 1 radical (unpaired) electrons. The fourth-order valence-corrected chi connectivity index (χ4v) is 6.34. The van der Waals surface area contributed by atoms with Gasteiger partial charge in [-0.05, 0) is 26.9 Å². The normalized spacial score (nSPS) is 17.1. The lowest BCUT2D eigenvalue weighted by atomic mass is 9.46. The summed E-state index contributed by atoms with van der Waals surface area (Å²) < 4.78 is 0. The molecule has 1 aliphatic rings. The van der Waals surface area contributed by atoms with E-state index in [2.05, 4.69) is 53.0 Å². The lowest BCUT2D eigenvalue weighted by molar-refractivity contribution is 0.451. The summed E-state index contributed by atoms with van der Waals surface area (Å²) in [5.41, 5.74) is 3.45. The Kier molecular flexibility index (Phi) is 6.61. The molecule has 0 aliphatic carbocycles. The molecule has 0 aromatic rings. The summed E-state index contributed by atoms with van der Waals surface area (Å²) in [6.07, 6.45) is 5.23. The Morgan fingerprint density at radius 1 is 1.11 bits per heavy atom. The maximum Gasteiger partial charge on any atom is 0.169 e. The van der Waals surface area contributed by atoms with E-state index in [9.17, 15) is 0 Å². The molecule has 1 aliphatic heterocycles. The molecule has 0 aromatic heterocycles. The molecule has 1 nitrogen and oxygen atoms in total. The Morgan fingerprint density at radius 3 is 2.16 bits per heavy atom. The van der Waals surface area contributed by atoms with E-state index in [0.717, 1.165) is 0 Å². The molecule has 107 valence electrons. The van der Waals surface area contributed by atoms with Gasteiger partial charge in [-0.3, -0.25) is 0 Å². The van der Waals surface area contributed by atoms with Crippen molar-refractivity contribution in [2.24, 2.45) is 0 Å². The maximum atomic E-state index is 2.53. The lowest BCUT2D eigenvalue weighted by Crippen LogP contribution is -2.24. The highest BCUT2D eigenvalue weighted by atomic mass is 28.3. The Morgan fingerprint density at radius 2 is 1.74 bits per heavy atom. The van der Waals surface area contributed by atoms with Gasteiger partial charge in [0.1, 0.15) is 8.80 Å². The van der Waals surface area contributed by atoms with Gasteiger partial charge in [-0.1, -0.05) is 68.3 Å². The van der Waals surface area contributed by atoms with Gasteiger partial charge >= 0.3 is 0 Å². The number of hydrogen-bond donors (Lipinski definition) is 0. The Balaban J connectivity index is 3.12. The molecule has 0 saturated carbocycles. The van der Waals surface area contributed by atoms with E-state index in [1.165, 1.54) is 32.2 Å². The van der Waals surface area contributed by atoms with Gasteiger partial charge in [0.05, 0.1) is 0 Å². The van der Waals surface area contributed by atoms with E-state index in [1.54, 1.807) is 16.2 Å². The van der Waals surface area contributed by atoms with Gasteiger partial charge in [-0.25, -0.2) is 0 Å². The molecule has 0 unspecified atom stereocenters. The fourth-order valence-electron chi connectivity index (χ4n) is 3.26. The van der Waals surface area contributed by atoms with Crippen molar-refractivity contribution in [2.45, 2.75) is 59.7 Å². The number of nitrogens with zero attached hydrogens (tertiary/aromatic N) is 1. The molecule has 0 fully saturated rings. The van der Waals surface area contributed by atoms with Crippen LogP contribution in [0.4, 0.5) is 0 Å². The number of allylic oxidation sites excluding steroid dienone is 3. The molecule has 1 heterocycles. The van der Waals surface area contributed by atoms with Crippen LogP contribution in [0.3, 0.4) is 0 Å². The SMILES string of the molecule is CCCCC1=C(B(C)C)C(CC)=C(CN(C)C)[Si]1C. The van der Waals surface area contributed by atoms with Crippen molar-refractivity contribution in [3.05, 3.63) is 21.4 Å². The van der Waals surface area contributed by atoms with E-state index >= 15 is 0 Å². The van der Waals surface area contributed by atoms with Gasteiger partial charge in [-0.15, -0.1) is 0 Å². The average molecular weight is 276 g/mol. The molecular weight excluding hydrogens is 245 g/mol. The first-order chi connectivity index (χ1) is 8.93. The zero-order valence-corrected chi connectivity index (χ0v) is 15.1. The molecule has 0 aromatic carbocycles. The topological polar surface area (TPSA) is 3.24 Å². The minimum atomic E-state index is -0.437. The van der Waals surface area contributed by atoms with Gasteiger partial charge in [0, 0.05) is 6.54 Å². The van der Waals surface area contributed by atoms with Crippen LogP contribution in [-0.4, -0.2) is 41.0 Å². The molecule has 0 atom stereocenters. The highest BCUT2D eigenvalue weighted by Crippen LogP contribution is 2.37. The average Bonchev–Trinajstić information content (AvgIpc) is 2.59. The van der Waals surface area contributed by atoms with E-state index in [-0.39, 0.29) is 0 Å². The predicted octanol–water partition coefficient (Wildman–Crippen LogP) is 4.25. The number of hydrogen-bond acceptors (Lipinski definition) is 1. The van der Waals surface area contributed by atoms with Crippen LogP contribution in [0.15, 0.2) is 21.4 Å². The predicted molar refractivity (Wildman–Crippen MR) is 91.5 cm³/mol. The summed E-state index contributed by atoms with van der Waals surface area (Å²) in [4.78, 5) is 2.35. The second-order valence-electron chi connectivity index (χ2n) is 6.32. The Bertz CT molecular complexity index is 369. The summed E-state index contributed by atoms with van der Waals surface area (Å²) in [6.45, 7) is 13.8. The molecule has 0 N–H and O–H groups in total. The first kappa shape index (κ1) is 16.8. The van der Waals surface area contributed by atoms with Crippen molar-refractivity contribution in [1.29, 1.82) is 0 Å². The first-order valence-electron chi connectivity index (χ1n) is 7.88. The molecule has 0 saturated heterocycles. The third-order valence-electron chi connectivity index (χ3n) is 4.11. The third-order valence-corrected chi connectivity index (χ3v) is 6.90. The summed E-state index contributed by atoms with van der Waals surface area (Å²) in [5, 5.41) is 3.63. The quantitative estimate of drug-likeness (QED) is 0.628. The Hall–Kier alpha value is -0.278. The second kappa shape index (κ2) is 7.49. The summed E-state index contributed by atoms with van der Waals surface area (Å²) in [5.74, 6) is 0. The molecule has 0 bridgehead atoms. The van der Waals surface area contributed by atoms with Crippen molar-refractivity contribution in [2.75, 3.05) is 20.6 Å². The van der Waals surface area contributed by atoms with Crippen LogP contribution in [0.25, 0.3) is 0 Å². The minimum Gasteiger partial charge on any atom is -0.306 e. The van der Waals surface area contributed by atoms with Gasteiger partial charge in [0.15, 0.2) is 6.71 Å². The van der Waals surface area contributed by atoms with Crippen molar-refractivity contribution in [1.82, 2.24) is 4.90 Å². The zero-order chi connectivity index (χ0) is 14.6. The van der Waals surface area contributed by atoms with Crippen LogP contribution in [0.1, 0.15) is 39.5 Å². The lowest BCUT2D eigenvalue weighted by Gasteiger charge is -2.18. The van der Waals surface area contributed by atoms with Gasteiger partial charge < -0.3 is 4.90 Å². The molecule has 19 heavy (non-hydrogen) atoms. The third kappa shape index (κ3) is 3.85. The standard InChI is InChI=1S/C16H31BNSi/c1-8-10-11-14-16(17(3)4)13(9-2)15(19(14)7)12-18(5)6/h8-12H2,1-7H3. The van der Waals surface area contributed by atoms with Crippen molar-refractivity contribution in [3.63, 3.8) is 0 Å². The van der Waals surface area contributed by atoms with Gasteiger partial charge in [-0.2, -0.15) is 0 Å². The summed E-state index contributed by atoms with van der Waals surface area (Å²) in [6, 6.07) is 0. The smallest absolute Gasteiger partial charge is 0.169 e. The highest BCUT2D eigenvalue weighted by molar-refractivity contribution is 6.79. The summed E-state index contributed by atoms with van der Waals surface area (Å²) in [7, 11) is 3.97. The van der Waals surface area contributed by atoms with E-state index in [4.69, 9.17) is 0 Å². The van der Waals surface area contributed by atoms with Crippen LogP contribution < -0.4 is 0 Å². The highest BCUT2D eigenvalue weighted by Gasteiger charge is 2.32. The zero-order valence-electron chi connectivity index (χ0n) is 14.1. The maximum absolute atomic E-state index is 2.53. The minimum absolute atomic E-state index is 0.437. The Labute approximate surface area is 122 Å². The first-order valence-corrected chi connectivity index (χ1v) is 9.88. The van der Waals surface area contributed by atoms with Gasteiger partial charge in [0.25, 0.3) is 0 Å². The van der Waals surface area contributed by atoms with Crippen LogP contribution in [-0.2, 0) is 0 Å². The summed E-state index contributed by atoms with van der Waals surface area (Å²) >= 11 is 0. The second-order valence-corrected chi connectivity index (χ2v) is 8.78. The van der Waals surface area contributed by atoms with E-state index in [1.807, 2.05) is 5.20 Å². The largest absolute Gasteiger partial charge is 0.306 e. The van der Waals surface area contributed by atoms with Crippen LogP contribution in [0.5, 0.6) is 0 Å². The fraction of sp³-hybridized carbons (Fsp3) is 0.750. The van der Waals surface area contributed by atoms with Crippen molar-refractivity contribution >= 4 is 15.5 Å².